The third-order valence-corrected chi connectivity index (χ3v) is 4.96. The number of nitriles is 1. The van der Waals surface area contributed by atoms with E-state index in [2.05, 4.69) is 16.0 Å². The summed E-state index contributed by atoms with van der Waals surface area (Å²) in [5.41, 5.74) is 6.23. The van der Waals surface area contributed by atoms with Gasteiger partial charge in [-0.15, -0.1) is 0 Å². The SMILES string of the molecule is Cc1cc2nc(/C(C#N)=C/c3cccc(OCc4ccc(F)cc4)c3)[nH]c2cc1C. The highest BCUT2D eigenvalue weighted by Gasteiger charge is 2.09. The number of allylic oxidation sites excluding steroid dienone is 1. The second kappa shape index (κ2) is 8.22. The molecule has 4 rings (SSSR count). The van der Waals surface area contributed by atoms with Crippen LogP contribution >= 0.6 is 0 Å². The van der Waals surface area contributed by atoms with Crippen LogP contribution in [0.2, 0.25) is 0 Å². The first-order chi connectivity index (χ1) is 14.5. The molecule has 0 fully saturated rings. The maximum Gasteiger partial charge on any atom is 0.149 e. The number of fused-ring (bicyclic) bond motifs is 1. The number of benzene rings is 3. The Morgan fingerprint density at radius 3 is 2.63 bits per heavy atom. The Bertz CT molecular complexity index is 1240. The number of aryl methyl sites for hydroxylation is 2. The van der Waals surface area contributed by atoms with E-state index in [0.29, 0.717) is 23.8 Å². The molecule has 0 spiro atoms. The number of rotatable bonds is 5. The molecule has 1 aromatic heterocycles. The lowest BCUT2D eigenvalue weighted by Crippen LogP contribution is -1.95. The smallest absolute Gasteiger partial charge is 0.149 e. The van der Waals surface area contributed by atoms with E-state index in [0.717, 1.165) is 27.7 Å². The lowest BCUT2D eigenvalue weighted by atomic mass is 10.1. The number of nitrogens with one attached hydrogen (secondary N) is 1. The van der Waals surface area contributed by atoms with Crippen LogP contribution in [-0.2, 0) is 6.61 Å². The first-order valence-electron chi connectivity index (χ1n) is 9.58. The van der Waals surface area contributed by atoms with Gasteiger partial charge < -0.3 is 9.72 Å². The van der Waals surface area contributed by atoms with Crippen LogP contribution in [0.4, 0.5) is 4.39 Å². The van der Waals surface area contributed by atoms with E-state index in [4.69, 9.17) is 4.74 Å². The monoisotopic (exact) mass is 397 g/mol. The Balaban J connectivity index is 1.57. The van der Waals surface area contributed by atoms with Gasteiger partial charge in [0.2, 0.25) is 0 Å². The average molecular weight is 397 g/mol. The normalized spacial score (nSPS) is 11.5. The molecule has 5 heteroatoms. The first kappa shape index (κ1) is 19.4. The van der Waals surface area contributed by atoms with Gasteiger partial charge in [0, 0.05) is 0 Å². The maximum atomic E-state index is 13.0. The minimum atomic E-state index is -0.272. The zero-order valence-electron chi connectivity index (χ0n) is 16.7. The molecular weight excluding hydrogens is 377 g/mol. The van der Waals surface area contributed by atoms with E-state index in [1.165, 1.54) is 17.7 Å². The molecule has 0 radical (unpaired) electrons. The summed E-state index contributed by atoms with van der Waals surface area (Å²) in [6.45, 7) is 4.43. The highest BCUT2D eigenvalue weighted by molar-refractivity contribution is 5.90. The maximum absolute atomic E-state index is 13.0. The molecule has 4 aromatic rings. The van der Waals surface area contributed by atoms with Crippen molar-refractivity contribution in [2.45, 2.75) is 20.5 Å². The quantitative estimate of drug-likeness (QED) is 0.423. The fourth-order valence-electron chi connectivity index (χ4n) is 3.16. The van der Waals surface area contributed by atoms with Crippen LogP contribution in [0.1, 0.15) is 28.1 Å². The van der Waals surface area contributed by atoms with Gasteiger partial charge in [-0.3, -0.25) is 0 Å². The van der Waals surface area contributed by atoms with Crippen molar-refractivity contribution in [2.75, 3.05) is 0 Å². The second-order valence-electron chi connectivity index (χ2n) is 7.20. The summed E-state index contributed by atoms with van der Waals surface area (Å²) < 4.78 is 18.8. The molecule has 0 aliphatic heterocycles. The third-order valence-electron chi connectivity index (χ3n) is 4.96. The molecule has 3 aromatic carbocycles. The van der Waals surface area contributed by atoms with E-state index in [9.17, 15) is 9.65 Å². The summed E-state index contributed by atoms with van der Waals surface area (Å²) in [6, 6.07) is 20.0. The topological polar surface area (TPSA) is 61.7 Å². The third kappa shape index (κ3) is 4.23. The molecule has 4 nitrogen and oxygen atoms in total. The van der Waals surface area contributed by atoms with E-state index < -0.39 is 0 Å². The van der Waals surface area contributed by atoms with Crippen LogP contribution in [0, 0.1) is 31.0 Å². The fraction of sp³-hybridized carbons (Fsp3) is 0.120. The van der Waals surface area contributed by atoms with Crippen LogP contribution in [0.15, 0.2) is 60.7 Å². The number of hydrogen-bond donors (Lipinski definition) is 1. The largest absolute Gasteiger partial charge is 0.489 e. The molecule has 0 atom stereocenters. The summed E-state index contributed by atoms with van der Waals surface area (Å²) in [7, 11) is 0. The minimum Gasteiger partial charge on any atom is -0.489 e. The lowest BCUT2D eigenvalue weighted by Gasteiger charge is -2.07. The summed E-state index contributed by atoms with van der Waals surface area (Å²) >= 11 is 0. The number of hydrogen-bond acceptors (Lipinski definition) is 3. The molecular formula is C25H20FN3O. The zero-order chi connectivity index (χ0) is 21.1. The first-order valence-corrected chi connectivity index (χ1v) is 9.58. The number of imidazole rings is 1. The minimum absolute atomic E-state index is 0.272. The van der Waals surface area contributed by atoms with Gasteiger partial charge in [0.05, 0.1) is 16.6 Å². The van der Waals surface area contributed by atoms with Gasteiger partial charge in [-0.05, 0) is 78.6 Å². The van der Waals surface area contributed by atoms with Crippen LogP contribution in [0.5, 0.6) is 5.75 Å². The highest BCUT2D eigenvalue weighted by Crippen LogP contribution is 2.23. The second-order valence-corrected chi connectivity index (χ2v) is 7.20. The van der Waals surface area contributed by atoms with E-state index in [1.807, 2.05) is 50.2 Å². The molecule has 1 N–H and O–H groups in total. The number of H-pyrrole nitrogens is 1. The Morgan fingerprint density at radius 2 is 1.87 bits per heavy atom. The van der Waals surface area contributed by atoms with Gasteiger partial charge in [-0.2, -0.15) is 5.26 Å². The predicted octanol–water partition coefficient (Wildman–Crippen LogP) is 5.96. The molecule has 0 aliphatic rings. The summed E-state index contributed by atoms with van der Waals surface area (Å²) in [5, 5.41) is 9.68. The lowest BCUT2D eigenvalue weighted by molar-refractivity contribution is 0.306. The Labute approximate surface area is 174 Å². The van der Waals surface area contributed by atoms with Crippen LogP contribution < -0.4 is 4.74 Å². The molecule has 0 amide bonds. The van der Waals surface area contributed by atoms with Gasteiger partial charge in [0.1, 0.15) is 30.1 Å². The van der Waals surface area contributed by atoms with Gasteiger partial charge in [0.15, 0.2) is 0 Å². The van der Waals surface area contributed by atoms with E-state index in [-0.39, 0.29) is 5.82 Å². The summed E-state index contributed by atoms with van der Waals surface area (Å²) in [6.07, 6.45) is 1.78. The molecule has 148 valence electrons. The van der Waals surface area contributed by atoms with Crippen molar-refractivity contribution in [3.05, 3.63) is 94.6 Å². The Kier molecular flexibility index (Phi) is 5.32. The van der Waals surface area contributed by atoms with Crippen LogP contribution in [0.3, 0.4) is 0 Å². The van der Waals surface area contributed by atoms with Gasteiger partial charge in [-0.25, -0.2) is 9.37 Å². The fourth-order valence-corrected chi connectivity index (χ4v) is 3.16. The van der Waals surface area contributed by atoms with Gasteiger partial charge in [0.25, 0.3) is 0 Å². The van der Waals surface area contributed by atoms with Crippen molar-refractivity contribution in [3.63, 3.8) is 0 Å². The highest BCUT2D eigenvalue weighted by atomic mass is 19.1. The number of aromatic amines is 1. The standard InChI is InChI=1S/C25H20FN3O/c1-16-10-23-24(11-17(16)2)29-25(28-23)20(14-27)12-19-4-3-5-22(13-19)30-15-18-6-8-21(26)9-7-18/h3-13H,15H2,1-2H3,(H,28,29)/b20-12+. The molecule has 0 aliphatic carbocycles. The van der Waals surface area contributed by atoms with Gasteiger partial charge >= 0.3 is 0 Å². The van der Waals surface area contributed by atoms with Crippen molar-refractivity contribution >= 4 is 22.7 Å². The van der Waals surface area contributed by atoms with Crippen molar-refractivity contribution in [1.82, 2.24) is 9.97 Å². The van der Waals surface area contributed by atoms with E-state index >= 15 is 0 Å². The molecule has 0 bridgehead atoms. The number of nitrogens with zero attached hydrogens (tertiary/aromatic N) is 2. The van der Waals surface area contributed by atoms with Crippen LogP contribution in [-0.4, -0.2) is 9.97 Å². The number of halogens is 1. The Hall–Kier alpha value is -3.91. The molecule has 0 unspecified atom stereocenters. The molecule has 0 saturated heterocycles. The van der Waals surface area contributed by atoms with Crippen molar-refractivity contribution in [3.8, 4) is 11.8 Å². The molecule has 1 heterocycles. The predicted molar refractivity (Wildman–Crippen MR) is 116 cm³/mol. The van der Waals surface area contributed by atoms with Crippen molar-refractivity contribution < 1.29 is 9.13 Å². The van der Waals surface area contributed by atoms with Crippen molar-refractivity contribution in [2.24, 2.45) is 0 Å². The van der Waals surface area contributed by atoms with Crippen LogP contribution in [0.25, 0.3) is 22.7 Å². The summed E-state index contributed by atoms with van der Waals surface area (Å²) in [4.78, 5) is 7.82. The van der Waals surface area contributed by atoms with Gasteiger partial charge in [-0.1, -0.05) is 24.3 Å². The summed E-state index contributed by atoms with van der Waals surface area (Å²) in [5.74, 6) is 0.933. The average Bonchev–Trinajstić information content (AvgIpc) is 3.14. The molecule has 0 saturated carbocycles. The van der Waals surface area contributed by atoms with E-state index in [1.54, 1.807) is 18.2 Å². The molecule has 30 heavy (non-hydrogen) atoms. The number of ether oxygens (including phenoxy) is 1. The zero-order valence-corrected chi connectivity index (χ0v) is 16.7. The van der Waals surface area contributed by atoms with Crippen molar-refractivity contribution in [1.29, 1.82) is 5.26 Å². The number of aromatic nitrogens is 2. The Morgan fingerprint density at radius 1 is 1.10 bits per heavy atom.